The van der Waals surface area contributed by atoms with E-state index in [0.717, 1.165) is 0 Å². The number of methoxy groups -OCH3 is 2. The summed E-state index contributed by atoms with van der Waals surface area (Å²) in [4.78, 5) is 32.7. The van der Waals surface area contributed by atoms with E-state index in [9.17, 15) is 19.7 Å². The van der Waals surface area contributed by atoms with Crippen molar-refractivity contribution in [3.63, 3.8) is 0 Å². The Balaban J connectivity index is 2.67. The first-order valence-corrected chi connectivity index (χ1v) is 5.65. The van der Waals surface area contributed by atoms with E-state index < -0.39 is 16.9 Å². The maximum Gasteiger partial charge on any atom is 0.338 e. The van der Waals surface area contributed by atoms with Crippen LogP contribution in [-0.2, 0) is 9.53 Å². The van der Waals surface area contributed by atoms with Crippen molar-refractivity contribution >= 4 is 23.3 Å². The standard InChI is InChI=1S/C11H14N4O6/c1-20-6-10(16)13-14-11(17)12-8-4-3-7(15(18)19)5-9(8)21-2/h3-5H,6H2,1-2H3,(H,13,16)(H2,12,14,17). The van der Waals surface area contributed by atoms with Crippen LogP contribution in [0.4, 0.5) is 16.2 Å². The first-order chi connectivity index (χ1) is 9.97. The number of benzene rings is 1. The first-order valence-electron chi connectivity index (χ1n) is 5.65. The summed E-state index contributed by atoms with van der Waals surface area (Å²) >= 11 is 0. The number of hydrazine groups is 1. The number of nitrogens with one attached hydrogen (secondary N) is 3. The van der Waals surface area contributed by atoms with Gasteiger partial charge in [-0.1, -0.05) is 0 Å². The van der Waals surface area contributed by atoms with Gasteiger partial charge in [0.2, 0.25) is 0 Å². The summed E-state index contributed by atoms with van der Waals surface area (Å²) in [5.74, 6) is -0.425. The lowest BCUT2D eigenvalue weighted by Crippen LogP contribution is -2.45. The van der Waals surface area contributed by atoms with Crippen LogP contribution in [0.25, 0.3) is 0 Å². The fourth-order valence-corrected chi connectivity index (χ4v) is 1.34. The molecule has 0 aliphatic rings. The first kappa shape index (κ1) is 16.2. The average molecular weight is 298 g/mol. The molecule has 114 valence electrons. The Labute approximate surface area is 119 Å². The van der Waals surface area contributed by atoms with Crippen molar-refractivity contribution in [3.8, 4) is 5.75 Å². The van der Waals surface area contributed by atoms with Crippen molar-refractivity contribution in [1.82, 2.24) is 10.9 Å². The van der Waals surface area contributed by atoms with E-state index in [2.05, 4.69) is 20.9 Å². The van der Waals surface area contributed by atoms with Crippen LogP contribution in [0, 0.1) is 10.1 Å². The summed E-state index contributed by atoms with van der Waals surface area (Å²) < 4.78 is 9.51. The molecule has 10 nitrogen and oxygen atoms in total. The molecule has 1 aromatic rings. The molecule has 21 heavy (non-hydrogen) atoms. The number of urea groups is 1. The van der Waals surface area contributed by atoms with Crippen molar-refractivity contribution < 1.29 is 24.0 Å². The minimum Gasteiger partial charge on any atom is -0.494 e. The Morgan fingerprint density at radius 3 is 2.57 bits per heavy atom. The zero-order valence-corrected chi connectivity index (χ0v) is 11.3. The molecule has 3 amide bonds. The van der Waals surface area contributed by atoms with E-state index in [0.29, 0.717) is 0 Å². The fraction of sp³-hybridized carbons (Fsp3) is 0.273. The second-order valence-corrected chi connectivity index (χ2v) is 3.70. The van der Waals surface area contributed by atoms with Gasteiger partial charge >= 0.3 is 6.03 Å². The van der Waals surface area contributed by atoms with Gasteiger partial charge in [0.05, 0.1) is 23.8 Å². The second-order valence-electron chi connectivity index (χ2n) is 3.70. The molecule has 0 saturated heterocycles. The summed E-state index contributed by atoms with van der Waals surface area (Å²) in [6, 6.07) is 2.94. The van der Waals surface area contributed by atoms with Gasteiger partial charge in [-0.05, 0) is 6.07 Å². The number of rotatable bonds is 5. The Kier molecular flexibility index (Phi) is 5.89. The van der Waals surface area contributed by atoms with E-state index in [4.69, 9.17) is 4.74 Å². The molecule has 1 aromatic carbocycles. The van der Waals surface area contributed by atoms with E-state index >= 15 is 0 Å². The topological polar surface area (TPSA) is 132 Å². The number of non-ortho nitro benzene ring substituents is 1. The number of hydrogen-bond donors (Lipinski definition) is 3. The minimum atomic E-state index is -0.744. The predicted octanol–water partition coefficient (Wildman–Crippen LogP) is 0.402. The smallest absolute Gasteiger partial charge is 0.338 e. The van der Waals surface area contributed by atoms with Gasteiger partial charge in [0.1, 0.15) is 12.4 Å². The van der Waals surface area contributed by atoms with Gasteiger partial charge in [-0.3, -0.25) is 20.3 Å². The van der Waals surface area contributed by atoms with E-state index in [-0.39, 0.29) is 23.7 Å². The summed E-state index contributed by atoms with van der Waals surface area (Å²) in [5.41, 5.74) is 4.22. The molecule has 1 rings (SSSR count). The normalized spacial score (nSPS) is 9.62. The molecule has 0 bridgehead atoms. The highest BCUT2D eigenvalue weighted by atomic mass is 16.6. The third kappa shape index (κ3) is 4.95. The van der Waals surface area contributed by atoms with Crippen molar-refractivity contribution in [3.05, 3.63) is 28.3 Å². The second kappa shape index (κ2) is 7.65. The number of nitro groups is 1. The largest absolute Gasteiger partial charge is 0.494 e. The van der Waals surface area contributed by atoms with Gasteiger partial charge in [-0.25, -0.2) is 10.2 Å². The summed E-state index contributed by atoms with van der Waals surface area (Å²) in [5, 5.41) is 13.0. The molecule has 0 spiro atoms. The van der Waals surface area contributed by atoms with Crippen LogP contribution in [0.1, 0.15) is 0 Å². The molecule has 10 heteroatoms. The Morgan fingerprint density at radius 1 is 1.29 bits per heavy atom. The van der Waals surface area contributed by atoms with Gasteiger partial charge < -0.3 is 14.8 Å². The molecular weight excluding hydrogens is 284 g/mol. The van der Waals surface area contributed by atoms with E-state index in [1.165, 1.54) is 32.4 Å². The molecule has 0 heterocycles. The fourth-order valence-electron chi connectivity index (χ4n) is 1.34. The number of carbonyl (C=O) groups is 2. The van der Waals surface area contributed by atoms with Gasteiger partial charge in [0.15, 0.2) is 0 Å². The van der Waals surface area contributed by atoms with Crippen LogP contribution in [0.15, 0.2) is 18.2 Å². The van der Waals surface area contributed by atoms with Crippen LogP contribution in [0.5, 0.6) is 5.75 Å². The minimum absolute atomic E-state index is 0.113. The number of ether oxygens (including phenoxy) is 2. The number of hydrogen-bond acceptors (Lipinski definition) is 6. The zero-order valence-electron chi connectivity index (χ0n) is 11.3. The maximum absolute atomic E-state index is 11.5. The highest BCUT2D eigenvalue weighted by molar-refractivity contribution is 5.92. The van der Waals surface area contributed by atoms with Gasteiger partial charge in [-0.2, -0.15) is 0 Å². The van der Waals surface area contributed by atoms with Crippen LogP contribution in [0.2, 0.25) is 0 Å². The third-order valence-corrected chi connectivity index (χ3v) is 2.24. The van der Waals surface area contributed by atoms with Crippen molar-refractivity contribution in [2.24, 2.45) is 0 Å². The van der Waals surface area contributed by atoms with Crippen LogP contribution < -0.4 is 20.9 Å². The van der Waals surface area contributed by atoms with Gasteiger partial charge in [0, 0.05) is 13.2 Å². The molecule has 0 radical (unpaired) electrons. The lowest BCUT2D eigenvalue weighted by atomic mass is 10.2. The Hall–Kier alpha value is -2.88. The summed E-state index contributed by atoms with van der Waals surface area (Å²) in [7, 11) is 2.64. The molecular formula is C11H14N4O6. The highest BCUT2D eigenvalue weighted by Gasteiger charge is 2.13. The third-order valence-electron chi connectivity index (χ3n) is 2.24. The molecule has 0 saturated carbocycles. The van der Waals surface area contributed by atoms with Gasteiger partial charge in [0.25, 0.3) is 11.6 Å². The number of anilines is 1. The van der Waals surface area contributed by atoms with Crippen LogP contribution in [-0.4, -0.2) is 37.7 Å². The monoisotopic (exact) mass is 298 g/mol. The van der Waals surface area contributed by atoms with Crippen molar-refractivity contribution in [1.29, 1.82) is 0 Å². The molecule has 3 N–H and O–H groups in total. The quantitative estimate of drug-likeness (QED) is 0.532. The molecule has 0 unspecified atom stereocenters. The van der Waals surface area contributed by atoms with Crippen molar-refractivity contribution in [2.45, 2.75) is 0 Å². The number of carbonyl (C=O) groups excluding carboxylic acids is 2. The average Bonchev–Trinajstić information content (AvgIpc) is 2.45. The molecule has 0 aliphatic heterocycles. The maximum atomic E-state index is 11.5. The Bertz CT molecular complexity index is 548. The molecule has 0 aliphatic carbocycles. The lowest BCUT2D eigenvalue weighted by molar-refractivity contribution is -0.384. The molecule has 0 fully saturated rings. The van der Waals surface area contributed by atoms with E-state index in [1.54, 1.807) is 0 Å². The molecule has 0 atom stereocenters. The highest BCUT2D eigenvalue weighted by Crippen LogP contribution is 2.28. The lowest BCUT2D eigenvalue weighted by Gasteiger charge is -2.11. The summed E-state index contributed by atoms with van der Waals surface area (Å²) in [6.07, 6.45) is 0. The van der Waals surface area contributed by atoms with Gasteiger partial charge in [-0.15, -0.1) is 0 Å². The Morgan fingerprint density at radius 2 is 2.00 bits per heavy atom. The SMILES string of the molecule is COCC(=O)NNC(=O)Nc1ccc([N+](=O)[O-])cc1OC. The number of nitro benzene ring substituents is 1. The zero-order chi connectivity index (χ0) is 15.8. The number of amides is 3. The van der Waals surface area contributed by atoms with E-state index in [1.807, 2.05) is 0 Å². The molecule has 0 aromatic heterocycles. The van der Waals surface area contributed by atoms with Crippen LogP contribution >= 0.6 is 0 Å². The van der Waals surface area contributed by atoms with Crippen molar-refractivity contribution in [2.75, 3.05) is 26.1 Å². The summed E-state index contributed by atoms with van der Waals surface area (Å²) in [6.45, 7) is -0.207. The van der Waals surface area contributed by atoms with Crippen LogP contribution in [0.3, 0.4) is 0 Å². The number of nitrogens with zero attached hydrogens (tertiary/aromatic N) is 1. The predicted molar refractivity (Wildman–Crippen MR) is 71.8 cm³/mol.